The second-order valence-corrected chi connectivity index (χ2v) is 10.2. The summed E-state index contributed by atoms with van der Waals surface area (Å²) in [5.74, 6) is 0. The van der Waals surface area contributed by atoms with Gasteiger partial charge in [0.05, 0.1) is 0 Å². The van der Waals surface area contributed by atoms with E-state index < -0.39 is 0 Å². The summed E-state index contributed by atoms with van der Waals surface area (Å²) in [7, 11) is 0. The van der Waals surface area contributed by atoms with Crippen molar-refractivity contribution in [1.82, 2.24) is 0 Å². The molecule has 0 unspecified atom stereocenters. The number of hydrogen-bond acceptors (Lipinski definition) is 0. The quantitative estimate of drug-likeness (QED) is 0.237. The van der Waals surface area contributed by atoms with Crippen molar-refractivity contribution in [3.8, 4) is 22.3 Å². The third kappa shape index (κ3) is 3.30. The van der Waals surface area contributed by atoms with Crippen molar-refractivity contribution in [1.29, 1.82) is 0 Å². The summed E-state index contributed by atoms with van der Waals surface area (Å²) in [5, 5.41) is 7.80. The van der Waals surface area contributed by atoms with Crippen LogP contribution in [0.3, 0.4) is 0 Å². The average Bonchev–Trinajstić information content (AvgIpc) is 2.86. The Morgan fingerprint density at radius 1 is 0.441 bits per heavy atom. The van der Waals surface area contributed by atoms with E-state index in [0.29, 0.717) is 0 Å². The Morgan fingerprint density at radius 2 is 1.03 bits per heavy atom. The fourth-order valence-electron chi connectivity index (χ4n) is 5.29. The number of benzene rings is 6. The highest BCUT2D eigenvalue weighted by molar-refractivity contribution is 6.23. The van der Waals surface area contributed by atoms with Gasteiger partial charge in [0, 0.05) is 0 Å². The Hall–Kier alpha value is -3.90. The lowest BCUT2D eigenvalue weighted by atomic mass is 9.81. The lowest BCUT2D eigenvalue weighted by molar-refractivity contribution is 0.591. The highest BCUT2D eigenvalue weighted by atomic mass is 14.2. The molecular formula is C34H28. The lowest BCUT2D eigenvalue weighted by Crippen LogP contribution is -2.10. The van der Waals surface area contributed by atoms with E-state index in [2.05, 4.69) is 136 Å². The van der Waals surface area contributed by atoms with Gasteiger partial charge in [-0.15, -0.1) is 0 Å². The molecule has 34 heavy (non-hydrogen) atoms. The molecule has 0 aliphatic rings. The normalized spacial score (nSPS) is 12.0. The maximum absolute atomic E-state index is 2.43. The van der Waals surface area contributed by atoms with Crippen LogP contribution in [-0.4, -0.2) is 0 Å². The molecule has 0 spiro atoms. The van der Waals surface area contributed by atoms with Crippen molar-refractivity contribution in [3.05, 3.63) is 121 Å². The molecule has 0 aliphatic heterocycles. The molecule has 6 aromatic rings. The molecule has 0 amide bonds. The van der Waals surface area contributed by atoms with E-state index in [-0.39, 0.29) is 5.41 Å². The average molecular weight is 437 g/mol. The van der Waals surface area contributed by atoms with Crippen molar-refractivity contribution in [2.75, 3.05) is 0 Å². The molecule has 0 saturated carbocycles. The molecule has 6 aromatic carbocycles. The Kier molecular flexibility index (Phi) is 4.78. The van der Waals surface area contributed by atoms with E-state index in [9.17, 15) is 0 Å². The molecule has 0 aromatic heterocycles. The predicted octanol–water partition coefficient (Wildman–Crippen LogP) is 9.78. The summed E-state index contributed by atoms with van der Waals surface area (Å²) in [4.78, 5) is 0. The Morgan fingerprint density at radius 3 is 1.76 bits per heavy atom. The monoisotopic (exact) mass is 436 g/mol. The highest BCUT2D eigenvalue weighted by Crippen LogP contribution is 2.46. The minimum Gasteiger partial charge on any atom is -0.0622 e. The second kappa shape index (κ2) is 7.85. The smallest absolute Gasteiger partial charge is 0.00201 e. The molecule has 0 fully saturated rings. The van der Waals surface area contributed by atoms with Gasteiger partial charge in [0.1, 0.15) is 0 Å². The molecule has 0 aliphatic carbocycles. The van der Waals surface area contributed by atoms with Gasteiger partial charge in [-0.3, -0.25) is 0 Å². The van der Waals surface area contributed by atoms with Gasteiger partial charge in [0.2, 0.25) is 0 Å². The fourth-order valence-corrected chi connectivity index (χ4v) is 5.29. The number of fused-ring (bicyclic) bond motifs is 3. The zero-order valence-electron chi connectivity index (χ0n) is 20.0. The molecule has 0 bridgehead atoms. The van der Waals surface area contributed by atoms with E-state index in [1.807, 2.05) is 0 Å². The SMILES string of the molecule is CC(C)(C)c1ccc2c(-c3cccc4ccccc34)c3ccccc3c(-c3ccccc3)c2c1. The zero-order chi connectivity index (χ0) is 23.3. The topological polar surface area (TPSA) is 0 Å². The van der Waals surface area contributed by atoms with Gasteiger partial charge in [-0.2, -0.15) is 0 Å². The third-order valence-electron chi connectivity index (χ3n) is 7.01. The van der Waals surface area contributed by atoms with Crippen LogP contribution in [0.4, 0.5) is 0 Å². The van der Waals surface area contributed by atoms with Crippen LogP contribution in [0.25, 0.3) is 54.6 Å². The molecule has 0 atom stereocenters. The predicted molar refractivity (Wildman–Crippen MR) is 149 cm³/mol. The summed E-state index contributed by atoms with van der Waals surface area (Å²) >= 11 is 0. The van der Waals surface area contributed by atoms with Crippen molar-refractivity contribution >= 4 is 32.3 Å². The maximum Gasteiger partial charge on any atom is -0.00201 e. The largest absolute Gasteiger partial charge is 0.0622 e. The van der Waals surface area contributed by atoms with Gasteiger partial charge in [-0.25, -0.2) is 0 Å². The third-order valence-corrected chi connectivity index (χ3v) is 7.01. The van der Waals surface area contributed by atoms with Crippen LogP contribution in [0.2, 0.25) is 0 Å². The Balaban J connectivity index is 1.85. The van der Waals surface area contributed by atoms with E-state index in [1.165, 1.54) is 60.1 Å². The van der Waals surface area contributed by atoms with Gasteiger partial charge < -0.3 is 0 Å². The highest BCUT2D eigenvalue weighted by Gasteiger charge is 2.20. The maximum atomic E-state index is 2.43. The Bertz CT molecular complexity index is 1660. The molecule has 0 nitrogen and oxygen atoms in total. The van der Waals surface area contributed by atoms with Crippen LogP contribution in [0.1, 0.15) is 26.3 Å². The summed E-state index contributed by atoms with van der Waals surface area (Å²) in [6, 6.07) is 42.3. The first-order valence-corrected chi connectivity index (χ1v) is 12.0. The summed E-state index contributed by atoms with van der Waals surface area (Å²) < 4.78 is 0. The zero-order valence-corrected chi connectivity index (χ0v) is 20.0. The van der Waals surface area contributed by atoms with Crippen LogP contribution >= 0.6 is 0 Å². The van der Waals surface area contributed by atoms with Crippen LogP contribution in [0.15, 0.2) is 115 Å². The molecule has 0 heterocycles. The second-order valence-electron chi connectivity index (χ2n) is 10.2. The summed E-state index contributed by atoms with van der Waals surface area (Å²) in [6.45, 7) is 6.88. The minimum absolute atomic E-state index is 0.0768. The van der Waals surface area contributed by atoms with E-state index in [1.54, 1.807) is 0 Å². The van der Waals surface area contributed by atoms with Crippen molar-refractivity contribution in [2.24, 2.45) is 0 Å². The van der Waals surface area contributed by atoms with Gasteiger partial charge in [0.15, 0.2) is 0 Å². The van der Waals surface area contributed by atoms with Crippen molar-refractivity contribution in [3.63, 3.8) is 0 Å². The summed E-state index contributed by atoms with van der Waals surface area (Å²) in [5.41, 5.74) is 6.63. The van der Waals surface area contributed by atoms with Gasteiger partial charge >= 0.3 is 0 Å². The summed E-state index contributed by atoms with van der Waals surface area (Å²) in [6.07, 6.45) is 0. The Labute approximate surface area is 201 Å². The molecule has 164 valence electrons. The van der Waals surface area contributed by atoms with E-state index >= 15 is 0 Å². The van der Waals surface area contributed by atoms with Crippen molar-refractivity contribution in [2.45, 2.75) is 26.2 Å². The number of hydrogen-bond donors (Lipinski definition) is 0. The van der Waals surface area contributed by atoms with Gasteiger partial charge in [-0.05, 0) is 71.6 Å². The van der Waals surface area contributed by atoms with Gasteiger partial charge in [-0.1, -0.05) is 130 Å². The fraction of sp³-hybridized carbons (Fsp3) is 0.118. The van der Waals surface area contributed by atoms with Crippen LogP contribution in [0.5, 0.6) is 0 Å². The van der Waals surface area contributed by atoms with E-state index in [4.69, 9.17) is 0 Å². The minimum atomic E-state index is 0.0768. The number of rotatable bonds is 2. The van der Waals surface area contributed by atoms with Gasteiger partial charge in [0.25, 0.3) is 0 Å². The lowest BCUT2D eigenvalue weighted by Gasteiger charge is -2.23. The standard InChI is InChI=1S/C34H28/c1-34(2,3)25-20-21-30-31(22-25)32(24-13-5-4-6-14-24)28-17-9-10-18-29(28)33(30)27-19-11-15-23-12-7-8-16-26(23)27/h4-22H,1-3H3. The molecular weight excluding hydrogens is 408 g/mol. The van der Waals surface area contributed by atoms with Crippen LogP contribution in [-0.2, 0) is 5.41 Å². The molecule has 6 rings (SSSR count). The molecule has 0 saturated heterocycles. The molecule has 0 radical (unpaired) electrons. The first-order valence-electron chi connectivity index (χ1n) is 12.0. The first kappa shape index (κ1) is 20.7. The van der Waals surface area contributed by atoms with Crippen LogP contribution < -0.4 is 0 Å². The molecule has 0 N–H and O–H groups in total. The molecule has 0 heteroatoms. The van der Waals surface area contributed by atoms with Crippen LogP contribution in [0, 0.1) is 0 Å². The first-order chi connectivity index (χ1) is 16.5. The van der Waals surface area contributed by atoms with Crippen molar-refractivity contribution < 1.29 is 0 Å². The van der Waals surface area contributed by atoms with E-state index in [0.717, 1.165) is 0 Å².